The monoisotopic (exact) mass is 1590 g/mol. The number of amides is 3. The molecule has 0 bridgehead atoms. The van der Waals surface area contributed by atoms with Gasteiger partial charge in [-0.1, -0.05) is 167 Å². The highest BCUT2D eigenvalue weighted by Crippen LogP contribution is 2.38. The van der Waals surface area contributed by atoms with Crippen LogP contribution in [0.4, 0.5) is 0 Å². The topological polar surface area (TPSA) is 562 Å². The van der Waals surface area contributed by atoms with Gasteiger partial charge in [0.15, 0.2) is 37.7 Å². The van der Waals surface area contributed by atoms with Crippen molar-refractivity contribution in [2.45, 2.75) is 391 Å². The van der Waals surface area contributed by atoms with Crippen molar-refractivity contribution in [2.75, 3.05) is 46.2 Å². The van der Waals surface area contributed by atoms with Crippen LogP contribution >= 0.6 is 0 Å². The Balaban J connectivity index is 1.11. The van der Waals surface area contributed by atoms with Crippen molar-refractivity contribution < 1.29 is 163 Å². The zero-order valence-corrected chi connectivity index (χ0v) is 64.1. The van der Waals surface area contributed by atoms with E-state index in [1.807, 2.05) is 6.08 Å². The highest BCUT2D eigenvalue weighted by Gasteiger charge is 2.59. The zero-order valence-electron chi connectivity index (χ0n) is 64.1. The lowest BCUT2D eigenvalue weighted by Gasteiger charge is -2.51. The molecule has 0 spiro atoms. The van der Waals surface area contributed by atoms with Crippen LogP contribution in [0.1, 0.15) is 195 Å². The van der Waals surface area contributed by atoms with E-state index in [9.17, 15) is 106 Å². The lowest BCUT2D eigenvalue weighted by atomic mass is 9.93. The number of carbonyl (C=O) groups is 3. The van der Waals surface area contributed by atoms with Crippen LogP contribution < -0.4 is 16.0 Å². The van der Waals surface area contributed by atoms with E-state index in [0.29, 0.717) is 12.8 Å². The molecule has 110 heavy (non-hydrogen) atoms. The molecule has 12 unspecified atom stereocenters. The molecule has 6 saturated heterocycles. The number of aliphatic hydroxyl groups excluding tert-OH is 18. The molecule has 0 aliphatic carbocycles. The number of rotatable bonds is 50. The van der Waals surface area contributed by atoms with Crippen LogP contribution in [0.3, 0.4) is 0 Å². The van der Waals surface area contributed by atoms with Gasteiger partial charge in [0.2, 0.25) is 17.7 Å². The standard InChI is InChI=1S/C74H133N3O33/c1-5-7-9-11-13-15-17-19-21-23-25-27-29-31-43(86)42(77-50(87)32-30-28-26-24-22-20-18-16-14-12-10-8-6-2)39-99-71-61(96)59(94)65(49(38-83)105-71)107-74-62(97)67(55(90)46(35-80)103-74)109-69-51(75-40(3)84)57(92)64(48(37-82)104-69)106-73-63(98)68(56(91)47(36-81)102-73)110-70-52(76-41(4)85)66(54(89)45(34-79)100-70)108-72-60(95)58(93)53(88)44(33-78)101-72/h29,31,42-49,51-74,78-83,86,88-98H,5-28,30,32-39H2,1-4H3,(H,75,84)(H,76,85)(H,77,87)/b31-29+/t42-,43+,44?,45?,46?,47?,48?,49?,51?,52?,53-,54+,55-,56-,57+,58-,59+,60?,61?,62?,63?,64+,65+,66+,67-,68-,69-,70-,71+,72-,73-,74-/m0/s1. The Bertz CT molecular complexity index is 2560. The van der Waals surface area contributed by atoms with E-state index >= 15 is 0 Å². The van der Waals surface area contributed by atoms with Crippen molar-refractivity contribution in [3.8, 4) is 0 Å². The van der Waals surface area contributed by atoms with E-state index < -0.39 is 254 Å². The second-order valence-corrected chi connectivity index (χ2v) is 29.9. The van der Waals surface area contributed by atoms with Crippen molar-refractivity contribution in [2.24, 2.45) is 0 Å². The first-order valence-corrected chi connectivity index (χ1v) is 40.0. The Morgan fingerprint density at radius 3 is 1.14 bits per heavy atom. The number of unbranched alkanes of at least 4 members (excludes halogenated alkanes) is 23. The fourth-order valence-electron chi connectivity index (χ4n) is 14.7. The third-order valence-corrected chi connectivity index (χ3v) is 21.2. The maximum absolute atomic E-state index is 13.5. The minimum Gasteiger partial charge on any atom is -0.394 e. The van der Waals surface area contributed by atoms with E-state index in [-0.39, 0.29) is 12.3 Å². The molecule has 6 fully saturated rings. The van der Waals surface area contributed by atoms with Crippen molar-refractivity contribution in [3.05, 3.63) is 12.2 Å². The van der Waals surface area contributed by atoms with E-state index in [4.69, 9.17) is 56.8 Å². The van der Waals surface area contributed by atoms with Gasteiger partial charge in [0, 0.05) is 20.3 Å². The van der Waals surface area contributed by atoms with Crippen LogP contribution in [-0.2, 0) is 71.2 Å². The van der Waals surface area contributed by atoms with Crippen LogP contribution in [0.15, 0.2) is 12.2 Å². The Morgan fingerprint density at radius 1 is 0.355 bits per heavy atom. The van der Waals surface area contributed by atoms with Gasteiger partial charge in [-0.3, -0.25) is 14.4 Å². The van der Waals surface area contributed by atoms with Gasteiger partial charge in [-0.2, -0.15) is 0 Å². The first-order chi connectivity index (χ1) is 52.8. The van der Waals surface area contributed by atoms with Crippen LogP contribution in [-0.4, -0.2) is 352 Å². The predicted octanol–water partition coefficient (Wildman–Crippen LogP) is -3.20. The van der Waals surface area contributed by atoms with Crippen LogP contribution in [0, 0.1) is 0 Å². The Labute approximate surface area is 643 Å². The molecule has 6 heterocycles. The number of hydrogen-bond donors (Lipinski definition) is 21. The van der Waals surface area contributed by atoms with Crippen LogP contribution in [0.2, 0.25) is 0 Å². The molecule has 0 radical (unpaired) electrons. The molecule has 6 rings (SSSR count). The molecular weight excluding hydrogens is 1460 g/mol. The van der Waals surface area contributed by atoms with Crippen molar-refractivity contribution in [3.63, 3.8) is 0 Å². The fourth-order valence-corrected chi connectivity index (χ4v) is 14.7. The highest BCUT2D eigenvalue weighted by molar-refractivity contribution is 5.76. The number of carbonyl (C=O) groups excluding carboxylic acids is 3. The summed E-state index contributed by atoms with van der Waals surface area (Å²) in [5, 5.41) is 208. The van der Waals surface area contributed by atoms with Gasteiger partial charge in [0.25, 0.3) is 0 Å². The molecule has 36 heteroatoms. The Morgan fingerprint density at radius 2 is 0.691 bits per heavy atom. The number of allylic oxidation sites excluding steroid dienone is 1. The highest BCUT2D eigenvalue weighted by atomic mass is 16.8. The lowest BCUT2D eigenvalue weighted by molar-refractivity contribution is -0.387. The molecule has 0 aromatic heterocycles. The first kappa shape index (κ1) is 95.8. The molecule has 0 saturated carbocycles. The van der Waals surface area contributed by atoms with Gasteiger partial charge < -0.3 is 165 Å². The number of nitrogens with one attached hydrogen (secondary N) is 3. The molecular formula is C74H133N3O33. The summed E-state index contributed by atoms with van der Waals surface area (Å²) >= 11 is 0. The van der Waals surface area contributed by atoms with E-state index in [1.165, 1.54) is 96.3 Å². The van der Waals surface area contributed by atoms with Gasteiger partial charge in [0.1, 0.15) is 146 Å². The van der Waals surface area contributed by atoms with Gasteiger partial charge in [-0.15, -0.1) is 0 Å². The summed E-state index contributed by atoms with van der Waals surface area (Å²) in [4.78, 5) is 39.2. The van der Waals surface area contributed by atoms with Gasteiger partial charge >= 0.3 is 0 Å². The zero-order chi connectivity index (χ0) is 80.6. The number of ether oxygens (including phenoxy) is 12. The Kier molecular flexibility index (Phi) is 44.0. The summed E-state index contributed by atoms with van der Waals surface area (Å²) in [6.07, 6.45) is -23.6. The second kappa shape index (κ2) is 50.5. The van der Waals surface area contributed by atoms with Crippen molar-refractivity contribution >= 4 is 17.7 Å². The smallest absolute Gasteiger partial charge is 0.220 e. The fraction of sp³-hybridized carbons (Fsp3) is 0.932. The molecule has 6 aliphatic heterocycles. The van der Waals surface area contributed by atoms with E-state index in [2.05, 4.69) is 29.8 Å². The maximum atomic E-state index is 13.5. The minimum absolute atomic E-state index is 0.174. The third-order valence-electron chi connectivity index (χ3n) is 21.2. The molecule has 21 N–H and O–H groups in total. The van der Waals surface area contributed by atoms with Gasteiger partial charge in [0.05, 0.1) is 58.4 Å². The number of hydrogen-bond acceptors (Lipinski definition) is 33. The summed E-state index contributed by atoms with van der Waals surface area (Å²) in [5.74, 6) is -2.06. The SMILES string of the molecule is CCCCCCCCCCCCC/C=C/[C@@H](O)[C@H](CO[C@@H]1OC(CO)[C@@H](O[C@@H]2OC(CO)[C@H](O)[C@H](O[C@@H]3OC(CO)[C@@H](O[C@@H]4OC(CO)[C@H](O)[C@H](O[C@@H]5OC(CO)[C@@H](O)[C@H](O[C@@H]6OC(CO)[C@H](O)[C@H](O)C6O)C5NC(C)=O)C4O)[C@H](O)C3NC(C)=O)C2O)[C@H](O)C1O)NC(=O)CCCCCCCCCCCCCCC. The molecule has 642 valence electrons. The normalized spacial score (nSPS) is 37.7. The summed E-state index contributed by atoms with van der Waals surface area (Å²) in [6.45, 7) is 0.0169. The van der Waals surface area contributed by atoms with E-state index in [0.717, 1.165) is 65.2 Å². The third kappa shape index (κ3) is 28.4. The summed E-state index contributed by atoms with van der Waals surface area (Å²) in [6, 6.07) is -4.66. The Hall–Kier alpha value is -3.05. The van der Waals surface area contributed by atoms with E-state index in [1.54, 1.807) is 6.08 Å². The van der Waals surface area contributed by atoms with Crippen LogP contribution in [0.5, 0.6) is 0 Å². The lowest BCUT2D eigenvalue weighted by Crippen LogP contribution is -2.71. The molecule has 6 aliphatic rings. The molecule has 32 atom stereocenters. The van der Waals surface area contributed by atoms with Gasteiger partial charge in [-0.05, 0) is 19.3 Å². The summed E-state index contributed by atoms with van der Waals surface area (Å²) in [7, 11) is 0. The van der Waals surface area contributed by atoms with Crippen molar-refractivity contribution in [1.29, 1.82) is 0 Å². The molecule has 0 aromatic carbocycles. The molecule has 3 amide bonds. The summed E-state index contributed by atoms with van der Waals surface area (Å²) < 4.78 is 70.9. The van der Waals surface area contributed by atoms with Gasteiger partial charge in [-0.25, -0.2) is 0 Å². The molecule has 36 nitrogen and oxygen atoms in total. The largest absolute Gasteiger partial charge is 0.394 e. The van der Waals surface area contributed by atoms with Crippen molar-refractivity contribution in [1.82, 2.24) is 16.0 Å². The first-order valence-electron chi connectivity index (χ1n) is 40.0. The summed E-state index contributed by atoms with van der Waals surface area (Å²) in [5.41, 5.74) is 0. The number of aliphatic hydroxyl groups is 18. The molecule has 0 aromatic rings. The predicted molar refractivity (Wildman–Crippen MR) is 385 cm³/mol. The maximum Gasteiger partial charge on any atom is 0.220 e. The average molecular weight is 1590 g/mol. The van der Waals surface area contributed by atoms with Crippen LogP contribution in [0.25, 0.3) is 0 Å². The average Bonchev–Trinajstić information content (AvgIpc) is 0.769. The quantitative estimate of drug-likeness (QED) is 0.0211. The second-order valence-electron chi connectivity index (χ2n) is 29.9. The minimum atomic E-state index is -2.26.